The predicted octanol–water partition coefficient (Wildman–Crippen LogP) is 2.51. The number of benzene rings is 1. The number of fused-ring (bicyclic) bond motifs is 1. The van der Waals surface area contributed by atoms with E-state index in [0.717, 1.165) is 16.9 Å². The zero-order valence-electron chi connectivity index (χ0n) is 15.1. The molecule has 3 atom stereocenters. The Hall–Kier alpha value is -2.09. The quantitative estimate of drug-likeness (QED) is 0.819. The van der Waals surface area contributed by atoms with E-state index in [1.807, 2.05) is 18.3 Å². The summed E-state index contributed by atoms with van der Waals surface area (Å²) in [6.45, 7) is 2.21. The molecule has 3 heterocycles. The van der Waals surface area contributed by atoms with Gasteiger partial charge in [0.1, 0.15) is 12.4 Å². The van der Waals surface area contributed by atoms with Gasteiger partial charge < -0.3 is 19.5 Å². The molecule has 1 aromatic carbocycles. The first-order valence-corrected chi connectivity index (χ1v) is 9.39. The summed E-state index contributed by atoms with van der Waals surface area (Å²) in [4.78, 5) is 12.9. The number of ether oxygens (including phenoxy) is 3. The number of amides is 1. The number of nitrogens with zero attached hydrogens (tertiary/aromatic N) is 2. The highest BCUT2D eigenvalue weighted by Gasteiger charge is 2.38. The molecule has 144 valence electrons. The van der Waals surface area contributed by atoms with Crippen LogP contribution in [0.15, 0.2) is 30.6 Å². The van der Waals surface area contributed by atoms with Crippen molar-refractivity contribution in [2.45, 2.75) is 25.1 Å². The van der Waals surface area contributed by atoms with Crippen LogP contribution in [-0.4, -0.2) is 42.6 Å². The van der Waals surface area contributed by atoms with Gasteiger partial charge in [-0.25, -0.2) is 0 Å². The van der Waals surface area contributed by atoms with Gasteiger partial charge >= 0.3 is 0 Å². The van der Waals surface area contributed by atoms with Crippen molar-refractivity contribution in [1.82, 2.24) is 15.1 Å². The summed E-state index contributed by atoms with van der Waals surface area (Å²) in [6.07, 6.45) is 4.07. The normalized spacial score (nSPS) is 23.9. The van der Waals surface area contributed by atoms with Crippen molar-refractivity contribution >= 4 is 17.5 Å². The first kappa shape index (κ1) is 18.3. The second-order valence-electron chi connectivity index (χ2n) is 6.77. The van der Waals surface area contributed by atoms with E-state index in [9.17, 15) is 4.79 Å². The van der Waals surface area contributed by atoms with Gasteiger partial charge in [-0.15, -0.1) is 0 Å². The molecule has 1 saturated heterocycles. The lowest BCUT2D eigenvalue weighted by Crippen LogP contribution is -2.35. The average Bonchev–Trinajstić information content (AvgIpc) is 3.39. The molecular formula is C19H22ClN3O4. The first-order chi connectivity index (χ1) is 13.2. The number of carbonyl (C=O) groups excluding carboxylic acids is 1. The minimum atomic E-state index is -0.289. The van der Waals surface area contributed by atoms with E-state index < -0.39 is 0 Å². The summed E-state index contributed by atoms with van der Waals surface area (Å²) < 4.78 is 18.4. The molecule has 2 aromatic rings. The van der Waals surface area contributed by atoms with E-state index in [2.05, 4.69) is 10.4 Å². The number of hydrogen-bond donors (Lipinski definition) is 1. The van der Waals surface area contributed by atoms with E-state index in [4.69, 9.17) is 25.8 Å². The van der Waals surface area contributed by atoms with Gasteiger partial charge in [0, 0.05) is 36.1 Å². The molecule has 2 aliphatic rings. The van der Waals surface area contributed by atoms with E-state index in [1.165, 1.54) is 0 Å². The van der Waals surface area contributed by atoms with Crippen LogP contribution in [0.2, 0.25) is 5.02 Å². The number of aromatic nitrogens is 2. The van der Waals surface area contributed by atoms with Crippen LogP contribution >= 0.6 is 11.6 Å². The average molecular weight is 392 g/mol. The third-order valence-corrected chi connectivity index (χ3v) is 5.24. The van der Waals surface area contributed by atoms with Gasteiger partial charge in [-0.05, 0) is 24.6 Å². The maximum absolute atomic E-state index is 12.9. The molecule has 0 saturated carbocycles. The van der Waals surface area contributed by atoms with Gasteiger partial charge in [-0.2, -0.15) is 5.10 Å². The van der Waals surface area contributed by atoms with Gasteiger partial charge in [0.15, 0.2) is 0 Å². The summed E-state index contributed by atoms with van der Waals surface area (Å²) in [7, 11) is 1.66. The van der Waals surface area contributed by atoms with E-state index >= 15 is 0 Å². The molecule has 27 heavy (non-hydrogen) atoms. The van der Waals surface area contributed by atoms with Crippen LogP contribution in [0.1, 0.15) is 29.7 Å². The lowest BCUT2D eigenvalue weighted by molar-refractivity contribution is -0.127. The van der Waals surface area contributed by atoms with E-state index in [1.54, 1.807) is 24.1 Å². The Labute approximate surface area is 162 Å². The maximum atomic E-state index is 12.9. The Morgan fingerprint density at radius 3 is 3.22 bits per heavy atom. The fraction of sp³-hybridized carbons (Fsp3) is 0.474. The lowest BCUT2D eigenvalue weighted by Gasteiger charge is -2.19. The van der Waals surface area contributed by atoms with Crippen molar-refractivity contribution in [2.75, 3.05) is 26.9 Å². The summed E-state index contributed by atoms with van der Waals surface area (Å²) >= 11 is 6.09. The summed E-state index contributed by atoms with van der Waals surface area (Å²) in [5.41, 5.74) is 1.83. The van der Waals surface area contributed by atoms with Crippen LogP contribution in [-0.2, 0) is 20.8 Å². The molecule has 8 heteroatoms. The van der Waals surface area contributed by atoms with E-state index in [0.29, 0.717) is 37.8 Å². The molecule has 7 nitrogen and oxygen atoms in total. The Bertz CT molecular complexity index is 825. The molecule has 0 bridgehead atoms. The van der Waals surface area contributed by atoms with Gasteiger partial charge in [0.2, 0.25) is 5.91 Å². The number of carbonyl (C=O) groups is 1. The van der Waals surface area contributed by atoms with Crippen LogP contribution in [0.5, 0.6) is 5.75 Å². The third kappa shape index (κ3) is 3.81. The SMILES string of the molecule is COCCn1cc([C@H]2OCC[C@@H]2C(=O)N[C@@H]2COc3ccc(Cl)cc32)cn1. The summed E-state index contributed by atoms with van der Waals surface area (Å²) in [5.74, 6) is 0.472. The van der Waals surface area contributed by atoms with Gasteiger partial charge in [0.25, 0.3) is 0 Å². The standard InChI is InChI=1S/C19H22ClN3O4/c1-25-7-5-23-10-12(9-21-23)18-14(4-6-26-18)19(24)22-16-11-27-17-3-2-13(20)8-15(16)17/h2-3,8-10,14,16,18H,4-7,11H2,1H3,(H,22,24)/t14-,16+,18+/m0/s1. The summed E-state index contributed by atoms with van der Waals surface area (Å²) in [5, 5.41) is 8.05. The van der Waals surface area contributed by atoms with Crippen molar-refractivity contribution in [3.63, 3.8) is 0 Å². The predicted molar refractivity (Wildman–Crippen MR) is 98.7 cm³/mol. The third-order valence-electron chi connectivity index (χ3n) is 5.00. The van der Waals surface area contributed by atoms with Crippen LogP contribution in [0, 0.1) is 5.92 Å². The highest BCUT2D eigenvalue weighted by atomic mass is 35.5. The zero-order chi connectivity index (χ0) is 18.8. The van der Waals surface area contributed by atoms with Gasteiger partial charge in [-0.3, -0.25) is 9.48 Å². The minimum Gasteiger partial charge on any atom is -0.491 e. The van der Waals surface area contributed by atoms with Crippen LogP contribution < -0.4 is 10.1 Å². The zero-order valence-corrected chi connectivity index (χ0v) is 15.8. The molecular weight excluding hydrogens is 370 g/mol. The number of halogens is 1. The van der Waals surface area contributed by atoms with E-state index in [-0.39, 0.29) is 24.0 Å². The minimum absolute atomic E-state index is 0.0384. The molecule has 1 fully saturated rings. The lowest BCUT2D eigenvalue weighted by atomic mass is 9.95. The molecule has 2 aliphatic heterocycles. The molecule has 0 aliphatic carbocycles. The van der Waals surface area contributed by atoms with Crippen molar-refractivity contribution in [1.29, 1.82) is 0 Å². The highest BCUT2D eigenvalue weighted by molar-refractivity contribution is 6.30. The molecule has 4 rings (SSSR count). The Morgan fingerprint density at radius 1 is 1.48 bits per heavy atom. The fourth-order valence-corrected chi connectivity index (χ4v) is 3.78. The van der Waals surface area contributed by atoms with Crippen molar-refractivity contribution < 1.29 is 19.0 Å². The molecule has 1 amide bonds. The number of nitrogens with one attached hydrogen (secondary N) is 1. The van der Waals surface area contributed by atoms with Crippen molar-refractivity contribution in [3.05, 3.63) is 46.7 Å². The fourth-order valence-electron chi connectivity index (χ4n) is 3.60. The monoisotopic (exact) mass is 391 g/mol. The maximum Gasteiger partial charge on any atom is 0.226 e. The Kier molecular flexibility index (Phi) is 5.33. The van der Waals surface area contributed by atoms with Crippen LogP contribution in [0.3, 0.4) is 0 Å². The van der Waals surface area contributed by atoms with Crippen LogP contribution in [0.4, 0.5) is 0 Å². The first-order valence-electron chi connectivity index (χ1n) is 9.01. The molecule has 1 aromatic heterocycles. The molecule has 1 N–H and O–H groups in total. The molecule has 0 radical (unpaired) electrons. The molecule has 0 unspecified atom stereocenters. The van der Waals surface area contributed by atoms with Crippen LogP contribution in [0.25, 0.3) is 0 Å². The molecule has 0 spiro atoms. The number of rotatable bonds is 6. The largest absolute Gasteiger partial charge is 0.491 e. The summed E-state index contributed by atoms with van der Waals surface area (Å²) in [6, 6.07) is 5.26. The Morgan fingerprint density at radius 2 is 2.37 bits per heavy atom. The van der Waals surface area contributed by atoms with Crippen molar-refractivity contribution in [2.24, 2.45) is 5.92 Å². The Balaban J connectivity index is 1.44. The topological polar surface area (TPSA) is 74.6 Å². The van der Waals surface area contributed by atoms with Gasteiger partial charge in [0.05, 0.1) is 37.4 Å². The smallest absolute Gasteiger partial charge is 0.226 e. The second kappa shape index (κ2) is 7.88. The number of hydrogen-bond acceptors (Lipinski definition) is 5. The second-order valence-corrected chi connectivity index (χ2v) is 7.21. The van der Waals surface area contributed by atoms with Gasteiger partial charge in [-0.1, -0.05) is 11.6 Å². The van der Waals surface area contributed by atoms with Crippen molar-refractivity contribution in [3.8, 4) is 5.75 Å². The highest BCUT2D eigenvalue weighted by Crippen LogP contribution is 2.37. The number of methoxy groups -OCH3 is 1.